The second kappa shape index (κ2) is 9.45. The molecule has 0 aliphatic rings. The second-order valence-corrected chi connectivity index (χ2v) is 9.27. The Kier molecular flexibility index (Phi) is 6.95. The summed E-state index contributed by atoms with van der Waals surface area (Å²) in [5.41, 5.74) is 1.39. The van der Waals surface area contributed by atoms with Gasteiger partial charge in [-0.3, -0.25) is 9.52 Å². The molecule has 0 unspecified atom stereocenters. The predicted octanol–water partition coefficient (Wildman–Crippen LogP) is 4.02. The van der Waals surface area contributed by atoms with Gasteiger partial charge >= 0.3 is 0 Å². The van der Waals surface area contributed by atoms with E-state index >= 15 is 0 Å². The van der Waals surface area contributed by atoms with Crippen LogP contribution in [0.3, 0.4) is 0 Å². The number of sulfonamides is 1. The van der Waals surface area contributed by atoms with Crippen LogP contribution in [0.2, 0.25) is 5.02 Å². The second-order valence-electron chi connectivity index (χ2n) is 5.92. The number of thioether (sulfide) groups is 1. The van der Waals surface area contributed by atoms with Crippen LogP contribution in [-0.4, -0.2) is 36.0 Å². The van der Waals surface area contributed by atoms with E-state index in [4.69, 9.17) is 16.0 Å². The molecule has 2 N–H and O–H groups in total. The average molecular weight is 471 g/mol. The molecular formula is C18H16ClFN4O4S2. The molecule has 0 saturated carbocycles. The molecule has 0 radical (unpaired) electrons. The maximum absolute atomic E-state index is 13.2. The van der Waals surface area contributed by atoms with Crippen LogP contribution >= 0.6 is 23.4 Å². The zero-order valence-electron chi connectivity index (χ0n) is 15.6. The van der Waals surface area contributed by atoms with E-state index in [2.05, 4.69) is 20.2 Å². The van der Waals surface area contributed by atoms with Gasteiger partial charge in [-0.1, -0.05) is 23.4 Å². The Hall–Kier alpha value is -2.63. The fourth-order valence-electron chi connectivity index (χ4n) is 2.22. The zero-order valence-corrected chi connectivity index (χ0v) is 17.9. The highest BCUT2D eigenvalue weighted by molar-refractivity contribution is 7.99. The highest BCUT2D eigenvalue weighted by atomic mass is 35.5. The van der Waals surface area contributed by atoms with Crippen molar-refractivity contribution in [2.45, 2.75) is 12.1 Å². The summed E-state index contributed by atoms with van der Waals surface area (Å²) in [5, 5.41) is 10.5. The van der Waals surface area contributed by atoms with Crippen LogP contribution in [-0.2, 0) is 14.8 Å². The highest BCUT2D eigenvalue weighted by Gasteiger charge is 2.13. The van der Waals surface area contributed by atoms with Crippen molar-refractivity contribution in [1.29, 1.82) is 0 Å². The van der Waals surface area contributed by atoms with E-state index < -0.39 is 15.8 Å². The van der Waals surface area contributed by atoms with E-state index in [1.54, 1.807) is 31.2 Å². The number of carbonyl (C=O) groups is 1. The molecule has 1 heterocycles. The number of nitrogens with one attached hydrogen (secondary N) is 2. The lowest BCUT2D eigenvalue weighted by atomic mass is 10.2. The number of nitrogens with zero attached hydrogens (tertiary/aromatic N) is 2. The molecule has 0 spiro atoms. The van der Waals surface area contributed by atoms with E-state index in [-0.39, 0.29) is 33.5 Å². The van der Waals surface area contributed by atoms with Gasteiger partial charge in [0.2, 0.25) is 21.8 Å². The first-order valence-electron chi connectivity index (χ1n) is 8.58. The summed E-state index contributed by atoms with van der Waals surface area (Å²) in [7, 11) is -3.36. The van der Waals surface area contributed by atoms with Crippen LogP contribution in [0.4, 0.5) is 15.8 Å². The summed E-state index contributed by atoms with van der Waals surface area (Å²) < 4.78 is 44.3. The topological polar surface area (TPSA) is 114 Å². The van der Waals surface area contributed by atoms with E-state index in [0.717, 1.165) is 17.8 Å². The third-order valence-corrected chi connectivity index (χ3v) is 6.14. The molecular weight excluding hydrogens is 455 g/mol. The van der Waals surface area contributed by atoms with Gasteiger partial charge in [0.15, 0.2) is 0 Å². The number of carbonyl (C=O) groups excluding carboxylic acids is 1. The quantitative estimate of drug-likeness (QED) is 0.478. The normalized spacial score (nSPS) is 11.3. The fourth-order valence-corrected chi connectivity index (χ4v) is 3.60. The molecule has 158 valence electrons. The minimum atomic E-state index is -3.36. The van der Waals surface area contributed by atoms with Gasteiger partial charge in [0, 0.05) is 16.9 Å². The Morgan fingerprint density at radius 1 is 1.17 bits per heavy atom. The molecule has 1 amide bonds. The maximum Gasteiger partial charge on any atom is 0.277 e. The standard InChI is InChI=1S/C18H16ClFN4O4S2/c1-2-30(26,27)24-12-5-3-11(4-6-12)17-22-23-18(28-17)29-10-16(25)21-13-7-8-15(20)14(19)9-13/h3-9,24H,2,10H2,1H3,(H,21,25). The number of anilines is 2. The molecule has 12 heteroatoms. The Morgan fingerprint density at radius 2 is 1.87 bits per heavy atom. The Bertz CT molecular complexity index is 1150. The molecule has 0 bridgehead atoms. The van der Waals surface area contributed by atoms with Gasteiger partial charge in [-0.2, -0.15) is 0 Å². The maximum atomic E-state index is 13.2. The molecule has 2 aromatic carbocycles. The number of rotatable bonds is 8. The minimum Gasteiger partial charge on any atom is -0.411 e. The Labute approximate surface area is 181 Å². The van der Waals surface area contributed by atoms with E-state index in [1.807, 2.05) is 0 Å². The molecule has 0 fully saturated rings. The summed E-state index contributed by atoms with van der Waals surface area (Å²) in [4.78, 5) is 12.0. The molecule has 0 aliphatic heterocycles. The smallest absolute Gasteiger partial charge is 0.277 e. The third kappa shape index (κ3) is 5.94. The lowest BCUT2D eigenvalue weighted by Gasteiger charge is -2.05. The van der Waals surface area contributed by atoms with Gasteiger partial charge in [-0.15, -0.1) is 10.2 Å². The Balaban J connectivity index is 1.57. The van der Waals surface area contributed by atoms with Gasteiger partial charge in [0.25, 0.3) is 5.22 Å². The van der Waals surface area contributed by atoms with Gasteiger partial charge in [0.1, 0.15) is 5.82 Å². The van der Waals surface area contributed by atoms with Crippen molar-refractivity contribution in [2.75, 3.05) is 21.5 Å². The molecule has 0 aliphatic carbocycles. The number of hydrogen-bond donors (Lipinski definition) is 2. The van der Waals surface area contributed by atoms with Crippen LogP contribution in [0.25, 0.3) is 11.5 Å². The third-order valence-electron chi connectivity index (χ3n) is 3.72. The largest absolute Gasteiger partial charge is 0.411 e. The zero-order chi connectivity index (χ0) is 21.7. The van der Waals surface area contributed by atoms with Crippen LogP contribution in [0, 0.1) is 5.82 Å². The van der Waals surface area contributed by atoms with Crippen LogP contribution < -0.4 is 10.0 Å². The van der Waals surface area contributed by atoms with Crippen molar-refractivity contribution in [3.05, 3.63) is 53.3 Å². The first-order valence-corrected chi connectivity index (χ1v) is 11.6. The number of halogens is 2. The van der Waals surface area contributed by atoms with Crippen molar-refractivity contribution >= 4 is 50.7 Å². The van der Waals surface area contributed by atoms with Crippen molar-refractivity contribution in [1.82, 2.24) is 10.2 Å². The lowest BCUT2D eigenvalue weighted by molar-refractivity contribution is -0.113. The first kappa shape index (κ1) is 22.1. The summed E-state index contributed by atoms with van der Waals surface area (Å²) in [6, 6.07) is 10.3. The number of aromatic nitrogens is 2. The summed E-state index contributed by atoms with van der Waals surface area (Å²) in [6.07, 6.45) is 0. The van der Waals surface area contributed by atoms with Crippen LogP contribution in [0.5, 0.6) is 0 Å². The SMILES string of the molecule is CCS(=O)(=O)Nc1ccc(-c2nnc(SCC(=O)Nc3ccc(F)c(Cl)c3)o2)cc1. The Morgan fingerprint density at radius 3 is 2.53 bits per heavy atom. The molecule has 0 saturated heterocycles. The van der Waals surface area contributed by atoms with E-state index in [9.17, 15) is 17.6 Å². The fraction of sp³-hybridized carbons (Fsp3) is 0.167. The lowest BCUT2D eigenvalue weighted by Crippen LogP contribution is -2.14. The molecule has 1 aromatic heterocycles. The molecule has 0 atom stereocenters. The van der Waals surface area contributed by atoms with Crippen molar-refractivity contribution in [3.63, 3.8) is 0 Å². The number of hydrogen-bond acceptors (Lipinski definition) is 7. The molecule has 8 nitrogen and oxygen atoms in total. The predicted molar refractivity (Wildman–Crippen MR) is 114 cm³/mol. The van der Waals surface area contributed by atoms with E-state index in [1.165, 1.54) is 12.1 Å². The molecule has 3 aromatic rings. The van der Waals surface area contributed by atoms with E-state index in [0.29, 0.717) is 16.9 Å². The molecule has 30 heavy (non-hydrogen) atoms. The summed E-state index contributed by atoms with van der Waals surface area (Å²) in [6.45, 7) is 1.55. The van der Waals surface area contributed by atoms with Crippen molar-refractivity contribution < 1.29 is 22.0 Å². The van der Waals surface area contributed by atoms with Gasteiger partial charge < -0.3 is 9.73 Å². The first-order chi connectivity index (χ1) is 14.3. The van der Waals surface area contributed by atoms with Crippen molar-refractivity contribution in [2.24, 2.45) is 0 Å². The molecule has 3 rings (SSSR count). The van der Waals surface area contributed by atoms with Crippen LogP contribution in [0.1, 0.15) is 6.92 Å². The van der Waals surface area contributed by atoms with Gasteiger partial charge in [-0.05, 0) is 49.4 Å². The number of benzene rings is 2. The summed E-state index contributed by atoms with van der Waals surface area (Å²) in [5.74, 6) is -0.726. The summed E-state index contributed by atoms with van der Waals surface area (Å²) >= 11 is 6.71. The average Bonchev–Trinajstić information content (AvgIpc) is 3.19. The van der Waals surface area contributed by atoms with Gasteiger partial charge in [0.05, 0.1) is 16.5 Å². The highest BCUT2D eigenvalue weighted by Crippen LogP contribution is 2.25. The van der Waals surface area contributed by atoms with Gasteiger partial charge in [-0.25, -0.2) is 12.8 Å². The van der Waals surface area contributed by atoms with Crippen molar-refractivity contribution in [3.8, 4) is 11.5 Å². The monoisotopic (exact) mass is 470 g/mol. The number of amides is 1. The minimum absolute atomic E-state index is 0.00559. The van der Waals surface area contributed by atoms with Crippen LogP contribution in [0.15, 0.2) is 52.1 Å².